The molecule has 6 heteroatoms. The molecule has 0 aliphatic carbocycles. The number of benzene rings is 1. The number of hydrogen-bond donors (Lipinski definition) is 3. The Bertz CT molecular complexity index is 540. The van der Waals surface area contributed by atoms with Gasteiger partial charge in [-0.1, -0.05) is 12.1 Å². The van der Waals surface area contributed by atoms with Crippen LogP contribution in [0, 0.1) is 0 Å². The average Bonchev–Trinajstić information content (AvgIpc) is 2.37. The number of nitrogens with one attached hydrogen (secondary N) is 2. The zero-order valence-corrected chi connectivity index (χ0v) is 11.2. The second-order valence-electron chi connectivity index (χ2n) is 4.21. The second kappa shape index (κ2) is 7.08. The molecule has 1 aromatic rings. The molecule has 6 nitrogen and oxygen atoms in total. The number of nitrogens with two attached hydrogens (primary N) is 1. The van der Waals surface area contributed by atoms with E-state index in [1.807, 2.05) is 0 Å². The zero-order valence-electron chi connectivity index (χ0n) is 11.2. The van der Waals surface area contributed by atoms with Crippen LogP contribution in [0.4, 0.5) is 5.69 Å². The third-order valence-corrected chi connectivity index (χ3v) is 2.50. The Morgan fingerprint density at radius 3 is 2.65 bits per heavy atom. The summed E-state index contributed by atoms with van der Waals surface area (Å²) in [5.74, 6) is -1.30. The molecule has 0 aliphatic heterocycles. The summed E-state index contributed by atoms with van der Waals surface area (Å²) in [4.78, 5) is 34.1. The molecule has 0 aromatic heterocycles. The highest BCUT2D eigenvalue weighted by Gasteiger charge is 2.17. The van der Waals surface area contributed by atoms with Crippen LogP contribution in [-0.2, 0) is 9.59 Å². The van der Waals surface area contributed by atoms with Crippen LogP contribution >= 0.6 is 0 Å². The van der Waals surface area contributed by atoms with Gasteiger partial charge in [0.2, 0.25) is 11.8 Å². The zero-order chi connectivity index (χ0) is 15.1. The summed E-state index contributed by atoms with van der Waals surface area (Å²) in [5.41, 5.74) is 6.02. The van der Waals surface area contributed by atoms with Gasteiger partial charge in [-0.2, -0.15) is 0 Å². The molecule has 1 atom stereocenters. The topological polar surface area (TPSA) is 101 Å². The maximum Gasteiger partial charge on any atom is 0.252 e. The fraction of sp³-hybridized carbons (Fsp3) is 0.214. The number of carbonyl (C=O) groups excluding carboxylic acids is 3. The summed E-state index contributed by atoms with van der Waals surface area (Å²) in [6.07, 6.45) is 1.76. The normalized spacial score (nSPS) is 11.2. The minimum atomic E-state index is -0.801. The maximum atomic E-state index is 12.0. The third kappa shape index (κ3) is 4.56. The van der Waals surface area contributed by atoms with Gasteiger partial charge in [-0.15, -0.1) is 6.58 Å². The lowest BCUT2D eigenvalue weighted by atomic mass is 10.1. The Morgan fingerprint density at radius 1 is 1.40 bits per heavy atom. The van der Waals surface area contributed by atoms with Gasteiger partial charge in [0, 0.05) is 18.2 Å². The molecular weight excluding hydrogens is 258 g/mol. The van der Waals surface area contributed by atoms with E-state index in [1.54, 1.807) is 18.2 Å². The van der Waals surface area contributed by atoms with Gasteiger partial charge >= 0.3 is 0 Å². The summed E-state index contributed by atoms with van der Waals surface area (Å²) in [6, 6.07) is 5.58. The SMILES string of the molecule is C=CC[C@@H](NC(=O)c1cccc(NC(C)=O)c1)C(N)=O. The first-order chi connectivity index (χ1) is 9.43. The van der Waals surface area contributed by atoms with E-state index in [9.17, 15) is 14.4 Å². The van der Waals surface area contributed by atoms with Gasteiger partial charge in [-0.25, -0.2) is 0 Å². The minimum absolute atomic E-state index is 0.232. The van der Waals surface area contributed by atoms with Crippen molar-refractivity contribution in [3.63, 3.8) is 0 Å². The van der Waals surface area contributed by atoms with E-state index in [1.165, 1.54) is 19.1 Å². The quantitative estimate of drug-likeness (QED) is 0.669. The van der Waals surface area contributed by atoms with E-state index in [4.69, 9.17) is 5.73 Å². The lowest BCUT2D eigenvalue weighted by molar-refractivity contribution is -0.119. The molecule has 0 heterocycles. The molecule has 106 valence electrons. The van der Waals surface area contributed by atoms with Gasteiger partial charge in [0.1, 0.15) is 6.04 Å². The highest BCUT2D eigenvalue weighted by Crippen LogP contribution is 2.11. The smallest absolute Gasteiger partial charge is 0.252 e. The van der Waals surface area contributed by atoms with Crippen LogP contribution in [0.5, 0.6) is 0 Å². The largest absolute Gasteiger partial charge is 0.368 e. The van der Waals surface area contributed by atoms with Crippen molar-refractivity contribution in [2.75, 3.05) is 5.32 Å². The fourth-order valence-electron chi connectivity index (χ4n) is 1.60. The average molecular weight is 275 g/mol. The monoisotopic (exact) mass is 275 g/mol. The van der Waals surface area contributed by atoms with E-state index < -0.39 is 17.9 Å². The van der Waals surface area contributed by atoms with Crippen LogP contribution < -0.4 is 16.4 Å². The summed E-state index contributed by atoms with van der Waals surface area (Å²) in [6.45, 7) is 4.88. The van der Waals surface area contributed by atoms with Gasteiger partial charge in [0.05, 0.1) is 0 Å². The summed E-state index contributed by atoms with van der Waals surface area (Å²) in [7, 11) is 0. The maximum absolute atomic E-state index is 12.0. The second-order valence-corrected chi connectivity index (χ2v) is 4.21. The van der Waals surface area contributed by atoms with Gasteiger partial charge in [-0.05, 0) is 24.6 Å². The Balaban J connectivity index is 2.83. The van der Waals surface area contributed by atoms with Crippen LogP contribution in [0.25, 0.3) is 0 Å². The lowest BCUT2D eigenvalue weighted by Gasteiger charge is -2.14. The van der Waals surface area contributed by atoms with Crippen molar-refractivity contribution in [1.82, 2.24) is 5.32 Å². The Labute approximate surface area is 117 Å². The third-order valence-electron chi connectivity index (χ3n) is 2.50. The molecule has 0 saturated carbocycles. The van der Waals surface area contributed by atoms with Crippen molar-refractivity contribution in [2.45, 2.75) is 19.4 Å². The highest BCUT2D eigenvalue weighted by atomic mass is 16.2. The molecular formula is C14H17N3O3. The summed E-state index contributed by atoms with van der Waals surface area (Å²) >= 11 is 0. The van der Waals surface area contributed by atoms with E-state index in [-0.39, 0.29) is 12.3 Å². The number of anilines is 1. The molecule has 0 aliphatic rings. The molecule has 0 unspecified atom stereocenters. The number of primary amides is 1. The summed E-state index contributed by atoms with van der Waals surface area (Å²) < 4.78 is 0. The predicted octanol–water partition coefficient (Wildman–Crippen LogP) is 0.805. The minimum Gasteiger partial charge on any atom is -0.368 e. The van der Waals surface area contributed by atoms with Crippen molar-refractivity contribution >= 4 is 23.4 Å². The van der Waals surface area contributed by atoms with Gasteiger partial charge < -0.3 is 16.4 Å². The summed E-state index contributed by atoms with van der Waals surface area (Å²) in [5, 5.41) is 5.09. The van der Waals surface area contributed by atoms with E-state index in [0.29, 0.717) is 11.3 Å². The highest BCUT2D eigenvalue weighted by molar-refractivity contribution is 5.99. The van der Waals surface area contributed by atoms with Crippen LogP contribution in [0.2, 0.25) is 0 Å². The van der Waals surface area contributed by atoms with Crippen LogP contribution in [0.1, 0.15) is 23.7 Å². The van der Waals surface area contributed by atoms with Crippen LogP contribution in [-0.4, -0.2) is 23.8 Å². The van der Waals surface area contributed by atoms with Gasteiger partial charge in [-0.3, -0.25) is 14.4 Å². The van der Waals surface area contributed by atoms with Crippen molar-refractivity contribution in [3.8, 4) is 0 Å². The lowest BCUT2D eigenvalue weighted by Crippen LogP contribution is -2.44. The van der Waals surface area contributed by atoms with E-state index in [2.05, 4.69) is 17.2 Å². The molecule has 4 N–H and O–H groups in total. The molecule has 3 amide bonds. The predicted molar refractivity (Wildman–Crippen MR) is 76.0 cm³/mol. The first-order valence-electron chi connectivity index (χ1n) is 6.02. The molecule has 1 aromatic carbocycles. The Kier molecular flexibility index (Phi) is 5.46. The van der Waals surface area contributed by atoms with Crippen LogP contribution in [0.15, 0.2) is 36.9 Å². The molecule has 1 rings (SSSR count). The number of carbonyl (C=O) groups is 3. The molecule has 0 radical (unpaired) electrons. The molecule has 0 spiro atoms. The number of amides is 3. The van der Waals surface area contributed by atoms with E-state index >= 15 is 0 Å². The fourth-order valence-corrected chi connectivity index (χ4v) is 1.60. The van der Waals surface area contributed by atoms with Crippen molar-refractivity contribution in [1.29, 1.82) is 0 Å². The van der Waals surface area contributed by atoms with Crippen molar-refractivity contribution in [3.05, 3.63) is 42.5 Å². The molecule has 20 heavy (non-hydrogen) atoms. The first kappa shape index (κ1) is 15.4. The standard InChI is InChI=1S/C14H17N3O3/c1-3-5-12(13(15)19)17-14(20)10-6-4-7-11(8-10)16-9(2)18/h3-4,6-8,12H,1,5H2,2H3,(H2,15,19)(H,16,18)(H,17,20)/t12-/m1/s1. The Morgan fingerprint density at radius 2 is 2.10 bits per heavy atom. The van der Waals surface area contributed by atoms with Crippen LogP contribution in [0.3, 0.4) is 0 Å². The van der Waals surface area contributed by atoms with Gasteiger partial charge in [0.15, 0.2) is 0 Å². The molecule has 0 bridgehead atoms. The van der Waals surface area contributed by atoms with Gasteiger partial charge in [0.25, 0.3) is 5.91 Å². The van der Waals surface area contributed by atoms with Crippen molar-refractivity contribution < 1.29 is 14.4 Å². The number of hydrogen-bond acceptors (Lipinski definition) is 3. The molecule has 0 fully saturated rings. The Hall–Kier alpha value is -2.63. The molecule has 0 saturated heterocycles. The number of rotatable bonds is 6. The van der Waals surface area contributed by atoms with E-state index in [0.717, 1.165) is 0 Å². The first-order valence-corrected chi connectivity index (χ1v) is 6.02. The van der Waals surface area contributed by atoms with Crippen molar-refractivity contribution in [2.24, 2.45) is 5.73 Å².